The number of hydrogen-bond acceptors (Lipinski definition) is 4. The number of carbonyl (C=O) groups excluding carboxylic acids is 1. The summed E-state index contributed by atoms with van der Waals surface area (Å²) in [7, 11) is 5.24. The Labute approximate surface area is 124 Å². The third-order valence-electron chi connectivity index (χ3n) is 3.25. The van der Waals surface area contributed by atoms with Crippen molar-refractivity contribution >= 4 is 27.5 Å². The molecule has 0 aliphatic heterocycles. The maximum Gasteiger partial charge on any atom is 0.297 e. The molecule has 0 saturated heterocycles. The first-order chi connectivity index (χ1) is 10.1. The summed E-state index contributed by atoms with van der Waals surface area (Å²) in [5.41, 5.74) is 1.47. The second-order valence-corrected chi connectivity index (χ2v) is 5.54. The van der Waals surface area contributed by atoms with Crippen molar-refractivity contribution in [3.05, 3.63) is 41.0 Å². The van der Waals surface area contributed by atoms with Crippen molar-refractivity contribution in [1.82, 2.24) is 14.3 Å². The SMILES string of the molecule is COc1ccc2c(c1)sc(=NC(=O)c1ccnn1C)n2C. The molecular weight excluding hydrogens is 288 g/mol. The van der Waals surface area contributed by atoms with Gasteiger partial charge in [0.05, 0.1) is 17.3 Å². The normalized spacial score (nSPS) is 12.0. The molecule has 1 amide bonds. The monoisotopic (exact) mass is 302 g/mol. The molecule has 0 unspecified atom stereocenters. The number of ether oxygens (including phenoxy) is 1. The van der Waals surface area contributed by atoms with Gasteiger partial charge in [-0.3, -0.25) is 9.48 Å². The van der Waals surface area contributed by atoms with E-state index < -0.39 is 0 Å². The van der Waals surface area contributed by atoms with Gasteiger partial charge in [-0.15, -0.1) is 0 Å². The third kappa shape index (κ3) is 2.36. The van der Waals surface area contributed by atoms with Crippen molar-refractivity contribution in [2.45, 2.75) is 0 Å². The molecular formula is C14H14N4O2S. The van der Waals surface area contributed by atoms with Crippen LogP contribution in [0.3, 0.4) is 0 Å². The van der Waals surface area contributed by atoms with Gasteiger partial charge in [0, 0.05) is 20.3 Å². The highest BCUT2D eigenvalue weighted by Crippen LogP contribution is 2.22. The number of thiazole rings is 1. The molecule has 3 aromatic rings. The summed E-state index contributed by atoms with van der Waals surface area (Å²) < 4.78 is 9.65. The van der Waals surface area contributed by atoms with E-state index in [0.717, 1.165) is 16.0 Å². The van der Waals surface area contributed by atoms with Gasteiger partial charge in [-0.05, 0) is 24.3 Å². The molecule has 0 bridgehead atoms. The second-order valence-electron chi connectivity index (χ2n) is 4.53. The largest absolute Gasteiger partial charge is 0.497 e. The highest BCUT2D eigenvalue weighted by Gasteiger charge is 2.10. The van der Waals surface area contributed by atoms with E-state index in [9.17, 15) is 4.79 Å². The number of methoxy groups -OCH3 is 1. The summed E-state index contributed by atoms with van der Waals surface area (Å²) in [4.78, 5) is 17.0. The molecule has 0 aliphatic carbocycles. The van der Waals surface area contributed by atoms with Crippen LogP contribution in [0, 0.1) is 0 Å². The summed E-state index contributed by atoms with van der Waals surface area (Å²) in [6, 6.07) is 7.44. The number of fused-ring (bicyclic) bond motifs is 1. The third-order valence-corrected chi connectivity index (χ3v) is 4.35. The summed E-state index contributed by atoms with van der Waals surface area (Å²) in [6.07, 6.45) is 1.58. The van der Waals surface area contributed by atoms with Crippen LogP contribution in [0.4, 0.5) is 0 Å². The fourth-order valence-corrected chi connectivity index (χ4v) is 3.12. The van der Waals surface area contributed by atoms with E-state index in [4.69, 9.17) is 4.74 Å². The fourth-order valence-electron chi connectivity index (χ4n) is 2.08. The van der Waals surface area contributed by atoms with E-state index in [-0.39, 0.29) is 5.91 Å². The lowest BCUT2D eigenvalue weighted by Crippen LogP contribution is -2.14. The first kappa shape index (κ1) is 13.6. The summed E-state index contributed by atoms with van der Waals surface area (Å²) in [5, 5.41) is 3.98. The van der Waals surface area contributed by atoms with Crippen LogP contribution in [0.5, 0.6) is 5.75 Å². The van der Waals surface area contributed by atoms with Crippen molar-refractivity contribution < 1.29 is 9.53 Å². The van der Waals surface area contributed by atoms with Gasteiger partial charge in [0.25, 0.3) is 5.91 Å². The minimum atomic E-state index is -0.302. The molecule has 2 heterocycles. The predicted molar refractivity (Wildman–Crippen MR) is 80.4 cm³/mol. The van der Waals surface area contributed by atoms with E-state index in [1.54, 1.807) is 26.4 Å². The number of carbonyl (C=O) groups is 1. The van der Waals surface area contributed by atoms with Crippen LogP contribution in [0.1, 0.15) is 10.5 Å². The number of aryl methyl sites for hydroxylation is 2. The predicted octanol–water partition coefficient (Wildman–Crippen LogP) is 1.72. The summed E-state index contributed by atoms with van der Waals surface area (Å²) >= 11 is 1.45. The van der Waals surface area contributed by atoms with E-state index in [1.165, 1.54) is 16.0 Å². The van der Waals surface area contributed by atoms with E-state index in [2.05, 4.69) is 10.1 Å². The quantitative estimate of drug-likeness (QED) is 0.724. The second kappa shape index (κ2) is 5.17. The molecule has 7 heteroatoms. The van der Waals surface area contributed by atoms with Crippen molar-refractivity contribution in [2.75, 3.05) is 7.11 Å². The highest BCUT2D eigenvalue weighted by molar-refractivity contribution is 7.16. The standard InChI is InChI=1S/C14H14N4O2S/c1-17-10-5-4-9(20-3)8-12(10)21-14(17)16-13(19)11-6-7-15-18(11)2/h4-8H,1-3H3. The minimum absolute atomic E-state index is 0.302. The van der Waals surface area contributed by atoms with Crippen LogP contribution in [-0.4, -0.2) is 27.4 Å². The van der Waals surface area contributed by atoms with Crippen LogP contribution >= 0.6 is 11.3 Å². The zero-order valence-corrected chi connectivity index (χ0v) is 12.7. The maximum absolute atomic E-state index is 12.2. The smallest absolute Gasteiger partial charge is 0.297 e. The number of amides is 1. The Bertz CT molecular complexity index is 888. The van der Waals surface area contributed by atoms with Crippen LogP contribution in [0.25, 0.3) is 10.2 Å². The molecule has 0 radical (unpaired) electrons. The van der Waals surface area contributed by atoms with Crippen LogP contribution in [0.15, 0.2) is 35.5 Å². The molecule has 0 saturated carbocycles. The van der Waals surface area contributed by atoms with Crippen LogP contribution < -0.4 is 9.54 Å². The van der Waals surface area contributed by atoms with Gasteiger partial charge in [-0.2, -0.15) is 10.1 Å². The van der Waals surface area contributed by atoms with Crippen molar-refractivity contribution in [3.8, 4) is 5.75 Å². The molecule has 21 heavy (non-hydrogen) atoms. The number of hydrogen-bond donors (Lipinski definition) is 0. The van der Waals surface area contributed by atoms with Gasteiger partial charge >= 0.3 is 0 Å². The van der Waals surface area contributed by atoms with Crippen molar-refractivity contribution in [1.29, 1.82) is 0 Å². The first-order valence-corrected chi connectivity index (χ1v) is 7.12. The van der Waals surface area contributed by atoms with Gasteiger partial charge in [0.2, 0.25) is 0 Å². The van der Waals surface area contributed by atoms with Crippen molar-refractivity contribution in [3.63, 3.8) is 0 Å². The van der Waals surface area contributed by atoms with Gasteiger partial charge < -0.3 is 9.30 Å². The average molecular weight is 302 g/mol. The van der Waals surface area contributed by atoms with E-state index in [0.29, 0.717) is 10.5 Å². The number of aromatic nitrogens is 3. The van der Waals surface area contributed by atoms with Crippen molar-refractivity contribution in [2.24, 2.45) is 19.1 Å². The molecule has 0 N–H and O–H groups in total. The Hall–Kier alpha value is -2.41. The molecule has 0 aliphatic rings. The topological polar surface area (TPSA) is 61.4 Å². The lowest BCUT2D eigenvalue weighted by atomic mass is 10.3. The molecule has 6 nitrogen and oxygen atoms in total. The average Bonchev–Trinajstić information content (AvgIpc) is 3.03. The molecule has 2 aromatic heterocycles. The highest BCUT2D eigenvalue weighted by atomic mass is 32.1. The molecule has 0 fully saturated rings. The zero-order valence-electron chi connectivity index (χ0n) is 11.9. The van der Waals surface area contributed by atoms with E-state index >= 15 is 0 Å². The minimum Gasteiger partial charge on any atom is -0.497 e. The van der Waals surface area contributed by atoms with Gasteiger partial charge in [0.1, 0.15) is 11.4 Å². The van der Waals surface area contributed by atoms with Gasteiger partial charge in [-0.25, -0.2) is 0 Å². The zero-order chi connectivity index (χ0) is 15.0. The molecule has 1 aromatic carbocycles. The van der Waals surface area contributed by atoms with Crippen LogP contribution in [0.2, 0.25) is 0 Å². The Morgan fingerprint density at radius 2 is 2.14 bits per heavy atom. The Morgan fingerprint density at radius 1 is 1.33 bits per heavy atom. The number of rotatable bonds is 2. The Kier molecular flexibility index (Phi) is 3.34. The first-order valence-electron chi connectivity index (χ1n) is 6.31. The number of benzene rings is 1. The van der Waals surface area contributed by atoms with Crippen LogP contribution in [-0.2, 0) is 14.1 Å². The molecule has 0 spiro atoms. The fraction of sp³-hybridized carbons (Fsp3) is 0.214. The van der Waals surface area contributed by atoms with Gasteiger partial charge in [-0.1, -0.05) is 11.3 Å². The Morgan fingerprint density at radius 3 is 2.81 bits per heavy atom. The molecule has 3 rings (SSSR count). The molecule has 108 valence electrons. The summed E-state index contributed by atoms with van der Waals surface area (Å²) in [5.74, 6) is 0.484. The lowest BCUT2D eigenvalue weighted by molar-refractivity contribution is 0.0989. The van der Waals surface area contributed by atoms with E-state index in [1.807, 2.05) is 29.8 Å². The van der Waals surface area contributed by atoms with Gasteiger partial charge in [0.15, 0.2) is 4.80 Å². The lowest BCUT2D eigenvalue weighted by Gasteiger charge is -1.99. The maximum atomic E-state index is 12.2. The molecule has 0 atom stereocenters. The Balaban J connectivity index is 2.12. The summed E-state index contributed by atoms with van der Waals surface area (Å²) in [6.45, 7) is 0. The number of nitrogens with zero attached hydrogens (tertiary/aromatic N) is 4.